The maximum Gasteiger partial charge on any atom is 0.225 e. The minimum atomic E-state index is -0.420. The second kappa shape index (κ2) is 6.88. The summed E-state index contributed by atoms with van der Waals surface area (Å²) >= 11 is 3.39. The number of nitrogens with one attached hydrogen (secondary N) is 1. The van der Waals surface area contributed by atoms with Gasteiger partial charge in [0.2, 0.25) is 11.8 Å². The number of rotatable bonds is 4. The minimum Gasteiger partial charge on any atom is -0.354 e. The first kappa shape index (κ1) is 16.7. The van der Waals surface area contributed by atoms with Crippen molar-refractivity contribution in [2.45, 2.75) is 27.7 Å². The van der Waals surface area contributed by atoms with Gasteiger partial charge in [0.25, 0.3) is 0 Å². The molecule has 0 aliphatic carbocycles. The van der Waals surface area contributed by atoms with Gasteiger partial charge in [-0.2, -0.15) is 0 Å². The standard InChI is InChI=1S/C15H21BrN2O2/c1-11(19)18(13-7-5-6-12(16)10-13)9-8-17-14(20)15(2,3)4/h5-7,10H,8-9H2,1-4H3,(H,17,20). The smallest absolute Gasteiger partial charge is 0.225 e. The second-order valence-electron chi connectivity index (χ2n) is 5.66. The van der Waals surface area contributed by atoms with Crippen LogP contribution in [0.25, 0.3) is 0 Å². The number of carbonyl (C=O) groups is 2. The molecule has 0 fully saturated rings. The van der Waals surface area contributed by atoms with Gasteiger partial charge in [-0.25, -0.2) is 0 Å². The van der Waals surface area contributed by atoms with E-state index in [0.717, 1.165) is 10.2 Å². The van der Waals surface area contributed by atoms with Crippen molar-refractivity contribution in [2.75, 3.05) is 18.0 Å². The highest BCUT2D eigenvalue weighted by atomic mass is 79.9. The largest absolute Gasteiger partial charge is 0.354 e. The molecule has 0 saturated heterocycles. The van der Waals surface area contributed by atoms with E-state index in [4.69, 9.17) is 0 Å². The topological polar surface area (TPSA) is 49.4 Å². The molecule has 0 aliphatic rings. The Balaban J connectivity index is 2.66. The molecule has 0 heterocycles. The SMILES string of the molecule is CC(=O)N(CCNC(=O)C(C)(C)C)c1cccc(Br)c1. The predicted octanol–water partition coefficient (Wildman–Crippen LogP) is 2.96. The summed E-state index contributed by atoms with van der Waals surface area (Å²) < 4.78 is 0.917. The molecule has 0 aliphatic heterocycles. The fourth-order valence-electron chi connectivity index (χ4n) is 1.66. The molecule has 0 unspecified atom stereocenters. The third-order valence-corrected chi connectivity index (χ3v) is 3.30. The fourth-order valence-corrected chi connectivity index (χ4v) is 2.05. The highest BCUT2D eigenvalue weighted by Gasteiger charge is 2.21. The summed E-state index contributed by atoms with van der Waals surface area (Å²) in [6.45, 7) is 7.99. The number of nitrogens with zero attached hydrogens (tertiary/aromatic N) is 1. The summed E-state index contributed by atoms with van der Waals surface area (Å²) in [5.41, 5.74) is 0.397. The lowest BCUT2D eigenvalue weighted by Gasteiger charge is -2.23. The predicted molar refractivity (Wildman–Crippen MR) is 84.6 cm³/mol. The summed E-state index contributed by atoms with van der Waals surface area (Å²) in [4.78, 5) is 25.2. The summed E-state index contributed by atoms with van der Waals surface area (Å²) in [5.74, 6) is -0.0663. The molecule has 0 saturated carbocycles. The van der Waals surface area contributed by atoms with E-state index in [0.29, 0.717) is 13.1 Å². The number of halogens is 1. The molecule has 110 valence electrons. The summed E-state index contributed by atoms with van der Waals surface area (Å²) in [5, 5.41) is 2.85. The Morgan fingerprint density at radius 1 is 1.30 bits per heavy atom. The van der Waals surface area contributed by atoms with Gasteiger partial charge in [0.1, 0.15) is 0 Å². The lowest BCUT2D eigenvalue weighted by atomic mass is 9.96. The van der Waals surface area contributed by atoms with Crippen LogP contribution >= 0.6 is 15.9 Å². The zero-order chi connectivity index (χ0) is 15.3. The van der Waals surface area contributed by atoms with E-state index in [1.54, 1.807) is 4.90 Å². The van der Waals surface area contributed by atoms with Crippen molar-refractivity contribution in [3.63, 3.8) is 0 Å². The molecule has 0 aromatic heterocycles. The molecule has 0 bridgehead atoms. The molecule has 0 spiro atoms. The molecule has 0 atom stereocenters. The summed E-state index contributed by atoms with van der Waals surface area (Å²) in [6, 6.07) is 7.54. The number of hydrogen-bond donors (Lipinski definition) is 1. The van der Waals surface area contributed by atoms with Crippen LogP contribution in [0.5, 0.6) is 0 Å². The van der Waals surface area contributed by atoms with Crippen LogP contribution in [0.1, 0.15) is 27.7 Å². The summed E-state index contributed by atoms with van der Waals surface area (Å²) in [7, 11) is 0. The van der Waals surface area contributed by atoms with Gasteiger partial charge >= 0.3 is 0 Å². The highest BCUT2D eigenvalue weighted by Crippen LogP contribution is 2.20. The van der Waals surface area contributed by atoms with Crippen molar-refractivity contribution in [3.05, 3.63) is 28.7 Å². The number of anilines is 1. The zero-order valence-electron chi connectivity index (χ0n) is 12.4. The van der Waals surface area contributed by atoms with Crippen LogP contribution in [0.3, 0.4) is 0 Å². The fraction of sp³-hybridized carbons (Fsp3) is 0.467. The first-order valence-electron chi connectivity index (χ1n) is 6.54. The Bertz CT molecular complexity index is 495. The van der Waals surface area contributed by atoms with Crippen LogP contribution in [-0.4, -0.2) is 24.9 Å². The van der Waals surface area contributed by atoms with E-state index in [-0.39, 0.29) is 11.8 Å². The van der Waals surface area contributed by atoms with Gasteiger partial charge in [-0.05, 0) is 18.2 Å². The molecule has 1 N–H and O–H groups in total. The Kier molecular flexibility index (Phi) is 5.74. The van der Waals surface area contributed by atoms with Crippen LogP contribution < -0.4 is 10.2 Å². The van der Waals surface area contributed by atoms with Crippen LogP contribution in [-0.2, 0) is 9.59 Å². The van der Waals surface area contributed by atoms with Crippen molar-refractivity contribution in [2.24, 2.45) is 5.41 Å². The highest BCUT2D eigenvalue weighted by molar-refractivity contribution is 9.10. The number of carbonyl (C=O) groups excluding carboxylic acids is 2. The maximum atomic E-state index is 11.8. The molecular weight excluding hydrogens is 320 g/mol. The van der Waals surface area contributed by atoms with Crippen LogP contribution in [0.4, 0.5) is 5.69 Å². The van der Waals surface area contributed by atoms with Gasteiger partial charge in [-0.1, -0.05) is 42.8 Å². The van der Waals surface area contributed by atoms with Crippen molar-refractivity contribution < 1.29 is 9.59 Å². The van der Waals surface area contributed by atoms with Crippen molar-refractivity contribution in [1.82, 2.24) is 5.32 Å². The quantitative estimate of drug-likeness (QED) is 0.915. The third kappa shape index (κ3) is 4.96. The zero-order valence-corrected chi connectivity index (χ0v) is 14.0. The molecule has 4 nitrogen and oxygen atoms in total. The third-order valence-electron chi connectivity index (χ3n) is 2.80. The number of amides is 2. The Morgan fingerprint density at radius 2 is 1.95 bits per heavy atom. The molecule has 0 radical (unpaired) electrons. The van der Waals surface area contributed by atoms with Gasteiger partial charge < -0.3 is 10.2 Å². The molecular formula is C15H21BrN2O2. The first-order valence-corrected chi connectivity index (χ1v) is 7.33. The molecule has 2 amide bonds. The average Bonchev–Trinajstić information content (AvgIpc) is 2.32. The molecule has 5 heteroatoms. The van der Waals surface area contributed by atoms with Crippen LogP contribution in [0.15, 0.2) is 28.7 Å². The van der Waals surface area contributed by atoms with Crippen LogP contribution in [0, 0.1) is 5.41 Å². The normalized spacial score (nSPS) is 11.1. The lowest BCUT2D eigenvalue weighted by Crippen LogP contribution is -2.41. The van der Waals surface area contributed by atoms with E-state index < -0.39 is 5.41 Å². The monoisotopic (exact) mass is 340 g/mol. The Labute approximate surface area is 128 Å². The molecule has 1 aromatic rings. The van der Waals surface area contributed by atoms with Gasteiger partial charge in [0.05, 0.1) is 0 Å². The van der Waals surface area contributed by atoms with Crippen LogP contribution in [0.2, 0.25) is 0 Å². The van der Waals surface area contributed by atoms with E-state index in [1.807, 2.05) is 45.0 Å². The van der Waals surface area contributed by atoms with Crippen molar-refractivity contribution in [3.8, 4) is 0 Å². The molecule has 20 heavy (non-hydrogen) atoms. The average molecular weight is 341 g/mol. The van der Waals surface area contributed by atoms with Crippen molar-refractivity contribution in [1.29, 1.82) is 0 Å². The number of benzene rings is 1. The first-order chi connectivity index (χ1) is 9.21. The maximum absolute atomic E-state index is 11.8. The van der Waals surface area contributed by atoms with Gasteiger partial charge in [-0.3, -0.25) is 9.59 Å². The summed E-state index contributed by atoms with van der Waals surface area (Å²) in [6.07, 6.45) is 0. The van der Waals surface area contributed by atoms with E-state index >= 15 is 0 Å². The molecule has 1 rings (SSSR count). The molecule has 1 aromatic carbocycles. The van der Waals surface area contributed by atoms with E-state index in [1.165, 1.54) is 6.92 Å². The van der Waals surface area contributed by atoms with Crippen molar-refractivity contribution >= 4 is 33.4 Å². The van der Waals surface area contributed by atoms with Gasteiger partial charge in [0, 0.05) is 35.6 Å². The lowest BCUT2D eigenvalue weighted by molar-refractivity contribution is -0.128. The Hall–Kier alpha value is -1.36. The van der Waals surface area contributed by atoms with E-state index in [9.17, 15) is 9.59 Å². The van der Waals surface area contributed by atoms with Gasteiger partial charge in [-0.15, -0.1) is 0 Å². The number of hydrogen-bond acceptors (Lipinski definition) is 2. The van der Waals surface area contributed by atoms with E-state index in [2.05, 4.69) is 21.2 Å². The van der Waals surface area contributed by atoms with Gasteiger partial charge in [0.15, 0.2) is 0 Å². The minimum absolute atomic E-state index is 0.0183. The Morgan fingerprint density at radius 3 is 2.45 bits per heavy atom. The second-order valence-corrected chi connectivity index (χ2v) is 6.57.